The molecule has 0 unspecified atom stereocenters. The summed E-state index contributed by atoms with van der Waals surface area (Å²) in [7, 11) is -4.74. The van der Waals surface area contributed by atoms with Gasteiger partial charge in [-0.05, 0) is 12.8 Å². The van der Waals surface area contributed by atoms with E-state index in [1.807, 2.05) is 0 Å². The molecule has 0 heterocycles. The number of phosphoric acid groups is 1. The Balaban J connectivity index is 3.78. The minimum atomic E-state index is -4.74. The Kier molecular flexibility index (Phi) is 33.2. The van der Waals surface area contributed by atoms with E-state index in [2.05, 4.69) is 18.4 Å². The molecule has 0 aromatic carbocycles. The maximum absolute atomic E-state index is 12.3. The second-order valence-electron chi connectivity index (χ2n) is 13.3. The molecule has 274 valence electrons. The van der Waals surface area contributed by atoms with Crippen molar-refractivity contribution in [1.29, 1.82) is 0 Å². The molecule has 0 saturated heterocycles. The predicted octanol–water partition coefficient (Wildman–Crippen LogP) is 11.3. The number of hydrogen-bond acceptors (Lipinski definition) is 6. The first kappa shape index (κ1) is 45.0. The van der Waals surface area contributed by atoms with Crippen LogP contribution in [0.5, 0.6) is 0 Å². The van der Waals surface area contributed by atoms with Crippen molar-refractivity contribution in [3.63, 3.8) is 0 Å². The molecular weight excluding hydrogens is 603 g/mol. The predicted molar refractivity (Wildman–Crippen MR) is 189 cm³/mol. The van der Waals surface area contributed by atoms with Crippen molar-refractivity contribution in [2.75, 3.05) is 13.2 Å². The fourth-order valence-corrected chi connectivity index (χ4v) is 6.09. The molecule has 0 rings (SSSR count). The van der Waals surface area contributed by atoms with E-state index >= 15 is 0 Å². The highest BCUT2D eigenvalue weighted by molar-refractivity contribution is 7.46. The third-order valence-corrected chi connectivity index (χ3v) is 9.11. The molecule has 46 heavy (non-hydrogen) atoms. The van der Waals surface area contributed by atoms with Crippen LogP contribution in [0.4, 0.5) is 0 Å². The maximum Gasteiger partial charge on any atom is 0.469 e. The van der Waals surface area contributed by atoms with Crippen LogP contribution in [0.1, 0.15) is 206 Å². The highest BCUT2D eigenvalue weighted by Crippen LogP contribution is 2.36. The van der Waals surface area contributed by atoms with Gasteiger partial charge in [-0.3, -0.25) is 14.1 Å². The summed E-state index contributed by atoms with van der Waals surface area (Å²) in [6.07, 6.45) is 34.2. The fraction of sp³-hybridized carbons (Fsp3) is 0.946. The number of esters is 2. The van der Waals surface area contributed by atoms with Crippen LogP contribution < -0.4 is 0 Å². The Morgan fingerprint density at radius 1 is 0.478 bits per heavy atom. The normalized spacial score (nSPS) is 12.3. The molecule has 8 nitrogen and oxygen atoms in total. The molecule has 0 spiro atoms. The van der Waals surface area contributed by atoms with Crippen LogP contribution in [0.2, 0.25) is 0 Å². The van der Waals surface area contributed by atoms with E-state index in [-0.39, 0.29) is 19.4 Å². The number of hydrogen-bond donors (Lipinski definition) is 2. The lowest BCUT2D eigenvalue weighted by molar-refractivity contribution is -0.161. The van der Waals surface area contributed by atoms with Gasteiger partial charge in [-0.2, -0.15) is 0 Å². The van der Waals surface area contributed by atoms with Gasteiger partial charge < -0.3 is 19.3 Å². The molecule has 2 N–H and O–H groups in total. The van der Waals surface area contributed by atoms with Gasteiger partial charge in [-0.1, -0.05) is 181 Å². The zero-order valence-electron chi connectivity index (χ0n) is 30.0. The van der Waals surface area contributed by atoms with Crippen LogP contribution in [-0.2, 0) is 28.2 Å². The summed E-state index contributed by atoms with van der Waals surface area (Å²) in [5.74, 6) is -0.877. The van der Waals surface area contributed by atoms with Gasteiger partial charge in [0.1, 0.15) is 6.61 Å². The summed E-state index contributed by atoms with van der Waals surface area (Å²) in [6.45, 7) is 3.66. The Morgan fingerprint density at radius 2 is 0.783 bits per heavy atom. The number of rotatable bonds is 36. The van der Waals surface area contributed by atoms with Crippen LogP contribution in [0, 0.1) is 0 Å². The first-order valence-electron chi connectivity index (χ1n) is 19.3. The van der Waals surface area contributed by atoms with Crippen molar-refractivity contribution >= 4 is 19.8 Å². The standard InChI is InChI=1S/C37H73O8P/c1-3-5-7-9-11-13-14-15-16-17-18-19-20-21-22-23-24-26-27-29-31-36(38)43-33-35(34-44-46(40,41)42)45-37(39)32-30-28-25-12-10-8-6-4-2/h35H,3-34H2,1-2H3,(H2,40,41,42)/t35-/m1/s1. The molecule has 0 fully saturated rings. The van der Waals surface area contributed by atoms with Crippen LogP contribution in [0.3, 0.4) is 0 Å². The summed E-state index contributed by atoms with van der Waals surface area (Å²) in [5, 5.41) is 0. The number of phosphoric ester groups is 1. The maximum atomic E-state index is 12.3. The van der Waals surface area contributed by atoms with Crippen LogP contribution in [0.25, 0.3) is 0 Å². The lowest BCUT2D eigenvalue weighted by atomic mass is 10.0. The molecule has 9 heteroatoms. The topological polar surface area (TPSA) is 119 Å². The molecular formula is C37H73O8P. The van der Waals surface area contributed by atoms with E-state index in [1.54, 1.807) is 0 Å². The van der Waals surface area contributed by atoms with E-state index in [0.29, 0.717) is 6.42 Å². The van der Waals surface area contributed by atoms with E-state index in [9.17, 15) is 14.2 Å². The van der Waals surface area contributed by atoms with Crippen molar-refractivity contribution < 1.29 is 37.9 Å². The second-order valence-corrected chi connectivity index (χ2v) is 14.5. The molecule has 0 amide bonds. The monoisotopic (exact) mass is 677 g/mol. The van der Waals surface area contributed by atoms with Gasteiger partial charge in [-0.25, -0.2) is 4.57 Å². The smallest absolute Gasteiger partial charge is 0.462 e. The molecule has 0 aromatic rings. The van der Waals surface area contributed by atoms with E-state index in [1.165, 1.54) is 135 Å². The molecule has 0 aliphatic rings. The molecule has 0 aromatic heterocycles. The zero-order valence-corrected chi connectivity index (χ0v) is 30.9. The van der Waals surface area contributed by atoms with Gasteiger partial charge in [0.05, 0.1) is 6.61 Å². The Morgan fingerprint density at radius 3 is 1.11 bits per heavy atom. The molecule has 0 aliphatic heterocycles. The second kappa shape index (κ2) is 33.9. The van der Waals surface area contributed by atoms with E-state index < -0.39 is 32.5 Å². The van der Waals surface area contributed by atoms with Gasteiger partial charge in [0.25, 0.3) is 0 Å². The van der Waals surface area contributed by atoms with Crippen molar-refractivity contribution in [1.82, 2.24) is 0 Å². The fourth-order valence-electron chi connectivity index (χ4n) is 5.73. The Labute approximate surface area is 283 Å². The summed E-state index contributed by atoms with van der Waals surface area (Å²) < 4.78 is 26.2. The summed E-state index contributed by atoms with van der Waals surface area (Å²) in [6, 6.07) is 0. The third-order valence-electron chi connectivity index (χ3n) is 8.63. The summed E-state index contributed by atoms with van der Waals surface area (Å²) in [5.41, 5.74) is 0. The van der Waals surface area contributed by atoms with Crippen molar-refractivity contribution in [2.45, 2.75) is 213 Å². The largest absolute Gasteiger partial charge is 0.469 e. The highest BCUT2D eigenvalue weighted by Gasteiger charge is 2.22. The lowest BCUT2D eigenvalue weighted by Gasteiger charge is -2.18. The Bertz CT molecular complexity index is 726. The van der Waals surface area contributed by atoms with Gasteiger partial charge >= 0.3 is 19.8 Å². The highest BCUT2D eigenvalue weighted by atomic mass is 31.2. The quantitative estimate of drug-likeness (QED) is 0.0382. The SMILES string of the molecule is CCCCCCCCCCCCCCCCCCCCCCC(=O)OC[C@H](COP(=O)(O)O)OC(=O)CCCCCCCCCC. The molecule has 0 aliphatic carbocycles. The number of ether oxygens (including phenoxy) is 2. The minimum absolute atomic E-state index is 0.217. The molecule has 0 bridgehead atoms. The van der Waals surface area contributed by atoms with Gasteiger partial charge in [-0.15, -0.1) is 0 Å². The first-order valence-corrected chi connectivity index (χ1v) is 20.9. The van der Waals surface area contributed by atoms with E-state index in [0.717, 1.165) is 38.5 Å². The number of carbonyl (C=O) groups is 2. The average Bonchev–Trinajstić information content (AvgIpc) is 3.02. The Hall–Kier alpha value is -0.950. The van der Waals surface area contributed by atoms with Gasteiger partial charge in [0.2, 0.25) is 0 Å². The van der Waals surface area contributed by atoms with Crippen molar-refractivity contribution in [3.8, 4) is 0 Å². The van der Waals surface area contributed by atoms with Crippen LogP contribution in [-0.4, -0.2) is 41.0 Å². The van der Waals surface area contributed by atoms with Crippen molar-refractivity contribution in [2.24, 2.45) is 0 Å². The average molecular weight is 677 g/mol. The van der Waals surface area contributed by atoms with Crippen LogP contribution >= 0.6 is 7.82 Å². The molecule has 0 saturated carbocycles. The van der Waals surface area contributed by atoms with Crippen molar-refractivity contribution in [3.05, 3.63) is 0 Å². The van der Waals surface area contributed by atoms with E-state index in [4.69, 9.17) is 19.3 Å². The molecule has 0 radical (unpaired) electrons. The van der Waals surface area contributed by atoms with Gasteiger partial charge in [0.15, 0.2) is 6.10 Å². The summed E-state index contributed by atoms with van der Waals surface area (Å²) in [4.78, 5) is 42.5. The van der Waals surface area contributed by atoms with Crippen LogP contribution in [0.15, 0.2) is 0 Å². The lowest BCUT2D eigenvalue weighted by Crippen LogP contribution is -2.29. The number of carbonyl (C=O) groups excluding carboxylic acids is 2. The third kappa shape index (κ3) is 35.9. The minimum Gasteiger partial charge on any atom is -0.462 e. The molecule has 1 atom stereocenters. The zero-order chi connectivity index (χ0) is 34.0. The summed E-state index contributed by atoms with van der Waals surface area (Å²) >= 11 is 0. The van der Waals surface area contributed by atoms with Gasteiger partial charge in [0, 0.05) is 12.8 Å². The number of unbranched alkanes of at least 4 members (excludes halogenated alkanes) is 26. The first-order chi connectivity index (χ1) is 22.3.